The summed E-state index contributed by atoms with van der Waals surface area (Å²) in [5, 5.41) is 3.55. The minimum atomic E-state index is 0.965. The number of rotatable bonds is 5. The van der Waals surface area contributed by atoms with Crippen molar-refractivity contribution in [2.24, 2.45) is 0 Å². The van der Waals surface area contributed by atoms with Crippen LogP contribution in [0.4, 0.5) is 17.1 Å². The molecule has 10 aromatic rings. The van der Waals surface area contributed by atoms with Crippen molar-refractivity contribution in [3.05, 3.63) is 212 Å². The number of hydrogen-bond acceptors (Lipinski definition) is 2. The highest BCUT2D eigenvalue weighted by atomic mass is 15.2. The number of aromatic nitrogens is 2. The van der Waals surface area contributed by atoms with Crippen LogP contribution < -0.4 is 4.90 Å². The molecule has 0 saturated carbocycles. The second-order valence-corrected chi connectivity index (χ2v) is 14.3. The molecule has 0 N–H and O–H groups in total. The second-order valence-electron chi connectivity index (χ2n) is 14.3. The summed E-state index contributed by atoms with van der Waals surface area (Å²) in [6, 6.07) is 74.6. The first kappa shape index (κ1) is 32.0. The minimum Gasteiger partial charge on any atom is -0.309 e. The van der Waals surface area contributed by atoms with E-state index in [9.17, 15) is 0 Å². The van der Waals surface area contributed by atoms with Gasteiger partial charge >= 0.3 is 0 Å². The maximum absolute atomic E-state index is 4.75. The zero-order valence-electron chi connectivity index (χ0n) is 30.5. The van der Waals surface area contributed by atoms with E-state index in [0.717, 1.165) is 34.0 Å². The summed E-state index contributed by atoms with van der Waals surface area (Å²) in [5.74, 6) is 0. The highest BCUT2D eigenvalue weighted by Crippen LogP contribution is 2.55. The Labute approximate surface area is 326 Å². The van der Waals surface area contributed by atoms with Gasteiger partial charge in [-0.1, -0.05) is 152 Å². The van der Waals surface area contributed by atoms with Gasteiger partial charge in [0, 0.05) is 44.9 Å². The molecule has 56 heavy (non-hydrogen) atoms. The lowest BCUT2D eigenvalue weighted by atomic mass is 9.97. The van der Waals surface area contributed by atoms with Crippen LogP contribution in [0.2, 0.25) is 0 Å². The van der Waals surface area contributed by atoms with Crippen molar-refractivity contribution in [2.75, 3.05) is 4.90 Å². The first-order valence-corrected chi connectivity index (χ1v) is 19.1. The van der Waals surface area contributed by atoms with Gasteiger partial charge in [-0.2, -0.15) is 0 Å². The molecule has 8 aromatic carbocycles. The Morgan fingerprint density at radius 2 is 0.929 bits per heavy atom. The van der Waals surface area contributed by atoms with E-state index < -0.39 is 0 Å². The largest absolute Gasteiger partial charge is 0.309 e. The highest BCUT2D eigenvalue weighted by Gasteiger charge is 2.32. The van der Waals surface area contributed by atoms with E-state index in [4.69, 9.17) is 4.98 Å². The number of hydrogen-bond donors (Lipinski definition) is 0. The fourth-order valence-electron chi connectivity index (χ4n) is 8.73. The molecule has 0 saturated heterocycles. The SMILES string of the molecule is c1ccc(-c2cc(-c3ccccc3)cc(-n3c4c(c5ccccc53)-c3ccccc3N(c3ccc(-c5ccccn5)c5ccccc35)c3ccccc3-4)c2)cc1. The highest BCUT2D eigenvalue weighted by molar-refractivity contribution is 6.15. The third kappa shape index (κ3) is 5.09. The zero-order chi connectivity index (χ0) is 37.0. The fraction of sp³-hybridized carbons (Fsp3) is 0. The quantitative estimate of drug-likeness (QED) is 0.177. The normalized spacial score (nSPS) is 11.9. The van der Waals surface area contributed by atoms with Crippen LogP contribution in [0.1, 0.15) is 0 Å². The van der Waals surface area contributed by atoms with Crippen LogP contribution in [0.3, 0.4) is 0 Å². The molecule has 1 aliphatic heterocycles. The summed E-state index contributed by atoms with van der Waals surface area (Å²) >= 11 is 0. The zero-order valence-corrected chi connectivity index (χ0v) is 30.5. The Kier molecular flexibility index (Phi) is 7.49. The van der Waals surface area contributed by atoms with Crippen LogP contribution in [0, 0.1) is 0 Å². The van der Waals surface area contributed by atoms with Gasteiger partial charge in [-0.25, -0.2) is 0 Å². The molecule has 3 nitrogen and oxygen atoms in total. The van der Waals surface area contributed by atoms with E-state index >= 15 is 0 Å². The molecule has 0 fully saturated rings. The van der Waals surface area contributed by atoms with Crippen LogP contribution in [-0.4, -0.2) is 9.55 Å². The standard InChI is InChI=1S/C53H35N3/c1-3-17-36(18-4-1)38-33-39(37-19-5-2-6-20-37)35-40(34-38)55-48-27-12-9-23-44(48)52-45-24-10-13-28-49(45)56(50-29-14-11-25-46(50)53(52)55)51-31-30-42(47-26-15-16-32-54-47)41-21-7-8-22-43(41)51/h1-35H. The number of pyridine rings is 1. The van der Waals surface area contributed by atoms with Crippen LogP contribution in [0.5, 0.6) is 0 Å². The predicted octanol–water partition coefficient (Wildman–Crippen LogP) is 14.3. The van der Waals surface area contributed by atoms with Crippen molar-refractivity contribution in [1.29, 1.82) is 0 Å². The summed E-state index contributed by atoms with van der Waals surface area (Å²) in [6.45, 7) is 0. The Balaban J connectivity index is 1.23. The molecule has 3 heteroatoms. The Bertz CT molecular complexity index is 3020. The van der Waals surface area contributed by atoms with Gasteiger partial charge in [-0.3, -0.25) is 4.98 Å². The predicted molar refractivity (Wildman–Crippen MR) is 234 cm³/mol. The smallest absolute Gasteiger partial charge is 0.0708 e. The average Bonchev–Trinajstić information content (AvgIpc) is 3.56. The van der Waals surface area contributed by atoms with Crippen LogP contribution >= 0.6 is 0 Å². The molecular formula is C53H35N3. The number of para-hydroxylation sites is 3. The first-order chi connectivity index (χ1) is 27.8. The Morgan fingerprint density at radius 3 is 1.62 bits per heavy atom. The second kappa shape index (κ2) is 13.1. The lowest BCUT2D eigenvalue weighted by molar-refractivity contribution is 1.14. The first-order valence-electron chi connectivity index (χ1n) is 19.1. The van der Waals surface area contributed by atoms with Crippen LogP contribution in [0.25, 0.3) is 83.3 Å². The molecule has 0 amide bonds. The molecular weight excluding hydrogens is 679 g/mol. The lowest BCUT2D eigenvalue weighted by Crippen LogP contribution is -2.12. The van der Waals surface area contributed by atoms with Crippen molar-refractivity contribution in [3.8, 4) is 61.6 Å². The van der Waals surface area contributed by atoms with E-state index in [1.54, 1.807) is 0 Å². The van der Waals surface area contributed by atoms with Crippen molar-refractivity contribution < 1.29 is 0 Å². The van der Waals surface area contributed by atoms with Gasteiger partial charge in [0.05, 0.1) is 34.0 Å². The Hall–Kier alpha value is -7.49. The molecule has 1 aliphatic rings. The maximum atomic E-state index is 4.75. The van der Waals surface area contributed by atoms with E-state index in [1.807, 2.05) is 12.3 Å². The molecule has 0 atom stereocenters. The molecule has 0 radical (unpaired) electrons. The van der Waals surface area contributed by atoms with Crippen molar-refractivity contribution in [1.82, 2.24) is 9.55 Å². The van der Waals surface area contributed by atoms with Crippen molar-refractivity contribution in [2.45, 2.75) is 0 Å². The molecule has 2 aromatic heterocycles. The minimum absolute atomic E-state index is 0.965. The van der Waals surface area contributed by atoms with Gasteiger partial charge < -0.3 is 9.47 Å². The van der Waals surface area contributed by atoms with Crippen molar-refractivity contribution >= 4 is 38.7 Å². The van der Waals surface area contributed by atoms with Gasteiger partial charge in [0.2, 0.25) is 0 Å². The molecule has 0 spiro atoms. The summed E-state index contributed by atoms with van der Waals surface area (Å²) in [5.41, 5.74) is 17.3. The van der Waals surface area contributed by atoms with E-state index in [1.165, 1.54) is 66.3 Å². The van der Waals surface area contributed by atoms with Gasteiger partial charge in [0.25, 0.3) is 0 Å². The molecule has 0 bridgehead atoms. The molecule has 262 valence electrons. The molecule has 3 heterocycles. The molecule has 0 unspecified atom stereocenters. The molecule has 0 aliphatic carbocycles. The molecule has 11 rings (SSSR count). The lowest BCUT2D eigenvalue weighted by Gasteiger charge is -2.29. The number of nitrogens with zero attached hydrogens (tertiary/aromatic N) is 3. The fourth-order valence-corrected chi connectivity index (χ4v) is 8.73. The van der Waals surface area contributed by atoms with Gasteiger partial charge in [-0.15, -0.1) is 0 Å². The van der Waals surface area contributed by atoms with Crippen molar-refractivity contribution in [3.63, 3.8) is 0 Å². The Morgan fingerprint density at radius 1 is 0.357 bits per heavy atom. The van der Waals surface area contributed by atoms with E-state index in [0.29, 0.717) is 0 Å². The number of anilines is 3. The van der Waals surface area contributed by atoms with E-state index in [-0.39, 0.29) is 0 Å². The van der Waals surface area contributed by atoms with E-state index in [2.05, 4.69) is 210 Å². The third-order valence-corrected chi connectivity index (χ3v) is 11.2. The average molecular weight is 714 g/mol. The summed E-state index contributed by atoms with van der Waals surface area (Å²) in [7, 11) is 0. The number of benzene rings is 8. The topological polar surface area (TPSA) is 21.1 Å². The maximum Gasteiger partial charge on any atom is 0.0708 e. The van der Waals surface area contributed by atoms with Gasteiger partial charge in [0.15, 0.2) is 0 Å². The van der Waals surface area contributed by atoms with Crippen LogP contribution in [-0.2, 0) is 0 Å². The third-order valence-electron chi connectivity index (χ3n) is 11.2. The summed E-state index contributed by atoms with van der Waals surface area (Å²) < 4.78 is 2.50. The summed E-state index contributed by atoms with van der Waals surface area (Å²) in [6.07, 6.45) is 1.87. The van der Waals surface area contributed by atoms with Gasteiger partial charge in [0.1, 0.15) is 0 Å². The summed E-state index contributed by atoms with van der Waals surface area (Å²) in [4.78, 5) is 7.23. The monoisotopic (exact) mass is 713 g/mol. The van der Waals surface area contributed by atoms with Gasteiger partial charge in [-0.05, 0) is 82.2 Å². The van der Waals surface area contributed by atoms with Crippen LogP contribution in [0.15, 0.2) is 212 Å². The number of fused-ring (bicyclic) bond motifs is 8.